The first-order valence-corrected chi connectivity index (χ1v) is 10.6. The van der Waals surface area contributed by atoms with Crippen LogP contribution in [-0.4, -0.2) is 36.4 Å². The summed E-state index contributed by atoms with van der Waals surface area (Å²) in [6, 6.07) is 11.1. The largest absolute Gasteiger partial charge is 0.372 e. The lowest BCUT2D eigenvalue weighted by molar-refractivity contribution is 0.0948. The first-order valence-electron chi connectivity index (χ1n) is 10.6. The van der Waals surface area contributed by atoms with Crippen molar-refractivity contribution in [1.29, 1.82) is 0 Å². The van der Waals surface area contributed by atoms with Crippen LogP contribution in [0.4, 0.5) is 11.4 Å². The normalized spacial score (nSPS) is 13.8. The number of aromatic nitrogens is 1. The highest BCUT2D eigenvalue weighted by Crippen LogP contribution is 2.22. The van der Waals surface area contributed by atoms with Crippen LogP contribution in [0.2, 0.25) is 0 Å². The molecule has 6 heteroatoms. The van der Waals surface area contributed by atoms with Crippen molar-refractivity contribution >= 4 is 23.2 Å². The maximum atomic E-state index is 12.6. The highest BCUT2D eigenvalue weighted by Gasteiger charge is 2.13. The van der Waals surface area contributed by atoms with Gasteiger partial charge in [0.25, 0.3) is 11.8 Å². The van der Waals surface area contributed by atoms with E-state index in [1.54, 1.807) is 6.07 Å². The second-order valence-electron chi connectivity index (χ2n) is 7.44. The molecule has 2 N–H and O–H groups in total. The first-order chi connectivity index (χ1) is 14.2. The van der Waals surface area contributed by atoms with Gasteiger partial charge in [0.1, 0.15) is 5.69 Å². The Hall–Kier alpha value is -2.89. The molecule has 2 aromatic rings. The lowest BCUT2D eigenvalue weighted by atomic mass is 10.1. The van der Waals surface area contributed by atoms with Gasteiger partial charge in [-0.05, 0) is 62.1 Å². The molecule has 1 aliphatic rings. The van der Waals surface area contributed by atoms with Crippen LogP contribution < -0.4 is 15.5 Å². The van der Waals surface area contributed by atoms with Crippen molar-refractivity contribution in [3.63, 3.8) is 0 Å². The van der Waals surface area contributed by atoms with E-state index in [9.17, 15) is 9.59 Å². The number of unbranched alkanes of at least 4 members (excludes halogenated alkanes) is 2. The Morgan fingerprint density at radius 1 is 1.00 bits per heavy atom. The summed E-state index contributed by atoms with van der Waals surface area (Å²) in [6.45, 7) is 4.92. The zero-order valence-electron chi connectivity index (χ0n) is 17.1. The van der Waals surface area contributed by atoms with Crippen molar-refractivity contribution in [2.24, 2.45) is 0 Å². The number of anilines is 2. The minimum absolute atomic E-state index is 0.248. The highest BCUT2D eigenvalue weighted by atomic mass is 16.2. The van der Waals surface area contributed by atoms with Gasteiger partial charge in [-0.25, -0.2) is 0 Å². The van der Waals surface area contributed by atoms with Gasteiger partial charge in [0.2, 0.25) is 0 Å². The van der Waals surface area contributed by atoms with Crippen LogP contribution in [0.5, 0.6) is 0 Å². The van der Waals surface area contributed by atoms with Crippen molar-refractivity contribution in [2.75, 3.05) is 29.9 Å². The fourth-order valence-corrected chi connectivity index (χ4v) is 3.47. The van der Waals surface area contributed by atoms with Crippen molar-refractivity contribution in [3.05, 3.63) is 53.9 Å². The summed E-state index contributed by atoms with van der Waals surface area (Å²) in [4.78, 5) is 31.3. The summed E-state index contributed by atoms with van der Waals surface area (Å²) >= 11 is 0. The molecule has 0 aliphatic carbocycles. The number of rotatable bonds is 8. The van der Waals surface area contributed by atoms with Gasteiger partial charge in [-0.2, -0.15) is 0 Å². The summed E-state index contributed by atoms with van der Waals surface area (Å²) in [5.41, 5.74) is 2.60. The molecule has 1 aromatic heterocycles. The second kappa shape index (κ2) is 10.6. The Balaban J connectivity index is 1.58. The van der Waals surface area contributed by atoms with Gasteiger partial charge in [0, 0.05) is 42.8 Å². The first kappa shape index (κ1) is 20.8. The van der Waals surface area contributed by atoms with E-state index in [4.69, 9.17) is 0 Å². The zero-order chi connectivity index (χ0) is 20.5. The van der Waals surface area contributed by atoms with Gasteiger partial charge >= 0.3 is 0 Å². The maximum Gasteiger partial charge on any atom is 0.269 e. The van der Waals surface area contributed by atoms with Gasteiger partial charge < -0.3 is 15.5 Å². The number of amides is 2. The average Bonchev–Trinajstić information content (AvgIpc) is 2.78. The molecule has 0 radical (unpaired) electrons. The third kappa shape index (κ3) is 6.04. The van der Waals surface area contributed by atoms with E-state index in [-0.39, 0.29) is 17.5 Å². The third-order valence-electron chi connectivity index (χ3n) is 5.17. The summed E-state index contributed by atoms with van der Waals surface area (Å²) < 4.78 is 0. The summed E-state index contributed by atoms with van der Waals surface area (Å²) in [7, 11) is 0. The lowest BCUT2D eigenvalue weighted by Crippen LogP contribution is -2.29. The number of piperidine rings is 1. The van der Waals surface area contributed by atoms with Gasteiger partial charge in [0.15, 0.2) is 0 Å². The van der Waals surface area contributed by atoms with Crippen LogP contribution in [0, 0.1) is 0 Å². The van der Waals surface area contributed by atoms with Gasteiger partial charge in [-0.15, -0.1) is 0 Å². The lowest BCUT2D eigenvalue weighted by Gasteiger charge is -2.28. The van der Waals surface area contributed by atoms with Crippen molar-refractivity contribution in [3.8, 4) is 0 Å². The van der Waals surface area contributed by atoms with E-state index in [1.807, 2.05) is 24.3 Å². The van der Waals surface area contributed by atoms with Gasteiger partial charge in [-0.3, -0.25) is 14.6 Å². The molecular weight excluding hydrogens is 364 g/mol. The van der Waals surface area contributed by atoms with Crippen molar-refractivity contribution < 1.29 is 9.59 Å². The van der Waals surface area contributed by atoms with E-state index in [0.717, 1.165) is 38.0 Å². The number of pyridine rings is 1. The molecule has 0 atom stereocenters. The van der Waals surface area contributed by atoms with Crippen LogP contribution in [-0.2, 0) is 0 Å². The number of nitrogens with zero attached hydrogens (tertiary/aromatic N) is 2. The smallest absolute Gasteiger partial charge is 0.269 e. The Morgan fingerprint density at radius 3 is 2.48 bits per heavy atom. The zero-order valence-corrected chi connectivity index (χ0v) is 17.1. The molecule has 6 nitrogen and oxygen atoms in total. The van der Waals surface area contributed by atoms with E-state index >= 15 is 0 Å². The number of nitrogens with one attached hydrogen (secondary N) is 2. The second-order valence-corrected chi connectivity index (χ2v) is 7.44. The quantitative estimate of drug-likeness (QED) is 0.657. The van der Waals surface area contributed by atoms with E-state index < -0.39 is 0 Å². The summed E-state index contributed by atoms with van der Waals surface area (Å²) in [5.74, 6) is -0.500. The number of hydrogen-bond acceptors (Lipinski definition) is 4. The molecule has 0 spiro atoms. The fraction of sp³-hybridized carbons (Fsp3) is 0.435. The monoisotopic (exact) mass is 394 g/mol. The fourth-order valence-electron chi connectivity index (χ4n) is 3.47. The molecule has 0 bridgehead atoms. The number of carbonyl (C=O) groups excluding carboxylic acids is 2. The van der Waals surface area contributed by atoms with E-state index in [0.29, 0.717) is 12.1 Å². The topological polar surface area (TPSA) is 74.3 Å². The highest BCUT2D eigenvalue weighted by molar-refractivity contribution is 6.05. The molecule has 154 valence electrons. The van der Waals surface area contributed by atoms with E-state index in [2.05, 4.69) is 27.4 Å². The Labute approximate surface area is 172 Å². The van der Waals surface area contributed by atoms with Crippen LogP contribution in [0.25, 0.3) is 0 Å². The molecule has 2 amide bonds. The molecular formula is C23H30N4O2. The SMILES string of the molecule is CCCCCNC(=O)c1cc(C(=O)Nc2ccc(N3CCCCC3)cc2)ccn1. The van der Waals surface area contributed by atoms with Crippen molar-refractivity contribution in [1.82, 2.24) is 10.3 Å². The Bertz CT molecular complexity index is 814. The van der Waals surface area contributed by atoms with Gasteiger partial charge in [-0.1, -0.05) is 19.8 Å². The molecule has 1 aliphatic heterocycles. The Kier molecular flexibility index (Phi) is 7.61. The molecule has 1 fully saturated rings. The summed E-state index contributed by atoms with van der Waals surface area (Å²) in [5, 5.41) is 5.75. The van der Waals surface area contributed by atoms with Gasteiger partial charge in [0.05, 0.1) is 0 Å². The maximum absolute atomic E-state index is 12.6. The minimum atomic E-state index is -0.252. The number of carbonyl (C=O) groups is 2. The van der Waals surface area contributed by atoms with Crippen LogP contribution in [0.3, 0.4) is 0 Å². The molecule has 29 heavy (non-hydrogen) atoms. The predicted octanol–water partition coefficient (Wildman–Crippen LogP) is 4.24. The minimum Gasteiger partial charge on any atom is -0.372 e. The standard InChI is InChI=1S/C23H30N4O2/c1-2-3-5-13-25-23(29)21-17-18(12-14-24-21)22(28)26-19-8-10-20(11-9-19)27-15-6-4-7-16-27/h8-12,14,17H,2-7,13,15-16H2,1H3,(H,25,29)(H,26,28). The number of benzene rings is 1. The number of hydrogen-bond donors (Lipinski definition) is 2. The Morgan fingerprint density at radius 2 is 1.76 bits per heavy atom. The van der Waals surface area contributed by atoms with E-state index in [1.165, 1.54) is 37.2 Å². The molecule has 3 rings (SSSR count). The molecule has 1 saturated heterocycles. The molecule has 2 heterocycles. The third-order valence-corrected chi connectivity index (χ3v) is 5.17. The molecule has 1 aromatic carbocycles. The predicted molar refractivity (Wildman–Crippen MR) is 117 cm³/mol. The molecule has 0 saturated carbocycles. The average molecular weight is 395 g/mol. The van der Waals surface area contributed by atoms with Crippen molar-refractivity contribution in [2.45, 2.75) is 45.4 Å². The van der Waals surface area contributed by atoms with Crippen LogP contribution in [0.15, 0.2) is 42.6 Å². The van der Waals surface area contributed by atoms with Crippen LogP contribution in [0.1, 0.15) is 66.3 Å². The molecule has 0 unspecified atom stereocenters. The van der Waals surface area contributed by atoms with Crippen LogP contribution >= 0.6 is 0 Å². The summed E-state index contributed by atoms with van der Waals surface area (Å²) in [6.07, 6.45) is 8.38.